The lowest BCUT2D eigenvalue weighted by Gasteiger charge is -2.09. The van der Waals surface area contributed by atoms with Crippen molar-refractivity contribution in [1.29, 1.82) is 0 Å². The van der Waals surface area contributed by atoms with Gasteiger partial charge in [-0.1, -0.05) is 11.6 Å². The molecule has 0 spiro atoms. The molecule has 0 heterocycles. The first-order chi connectivity index (χ1) is 7.38. The Morgan fingerprint density at radius 2 is 1.88 bits per heavy atom. The summed E-state index contributed by atoms with van der Waals surface area (Å²) in [6.45, 7) is 0. The molecule has 1 aliphatic rings. The zero-order valence-corrected chi connectivity index (χ0v) is 8.90. The molecule has 0 radical (unpaired) electrons. The monoisotopic (exact) mass is 248 g/mol. The van der Waals surface area contributed by atoms with Crippen molar-refractivity contribution in [3.63, 3.8) is 0 Å². The lowest BCUT2D eigenvalue weighted by Crippen LogP contribution is -2.08. The number of benzene rings is 1. The SMILES string of the molecule is O=C(c1cc(Cl)cc(C(F)(F)F)c1)C1CC1. The summed E-state index contributed by atoms with van der Waals surface area (Å²) in [6.07, 6.45) is -2.96. The minimum Gasteiger partial charge on any atom is -0.294 e. The number of halogens is 4. The summed E-state index contributed by atoms with van der Waals surface area (Å²) in [5.41, 5.74) is -0.814. The first-order valence-electron chi connectivity index (χ1n) is 4.80. The van der Waals surface area contributed by atoms with Crippen LogP contribution in [-0.4, -0.2) is 5.78 Å². The third-order valence-corrected chi connectivity index (χ3v) is 2.68. The van der Waals surface area contributed by atoms with Crippen molar-refractivity contribution in [2.75, 3.05) is 0 Å². The van der Waals surface area contributed by atoms with Gasteiger partial charge in [0.15, 0.2) is 5.78 Å². The van der Waals surface area contributed by atoms with E-state index in [0.29, 0.717) is 0 Å². The molecule has 0 aromatic heterocycles. The minimum atomic E-state index is -4.47. The first kappa shape index (κ1) is 11.5. The van der Waals surface area contributed by atoms with Crippen molar-refractivity contribution >= 4 is 17.4 Å². The maximum absolute atomic E-state index is 12.5. The van der Waals surface area contributed by atoms with E-state index in [9.17, 15) is 18.0 Å². The molecule has 0 atom stereocenters. The van der Waals surface area contributed by atoms with E-state index in [4.69, 9.17) is 11.6 Å². The van der Waals surface area contributed by atoms with Crippen molar-refractivity contribution in [1.82, 2.24) is 0 Å². The Hall–Kier alpha value is -1.03. The van der Waals surface area contributed by atoms with Crippen molar-refractivity contribution < 1.29 is 18.0 Å². The zero-order valence-electron chi connectivity index (χ0n) is 8.14. The van der Waals surface area contributed by atoms with E-state index >= 15 is 0 Å². The minimum absolute atomic E-state index is 0.0566. The average Bonchev–Trinajstić information content (AvgIpc) is 2.97. The van der Waals surface area contributed by atoms with Gasteiger partial charge in [0.05, 0.1) is 5.56 Å². The van der Waals surface area contributed by atoms with E-state index in [1.165, 1.54) is 6.07 Å². The molecule has 1 aromatic carbocycles. The second kappa shape index (κ2) is 3.77. The lowest BCUT2D eigenvalue weighted by atomic mass is 10.0. The molecule has 0 N–H and O–H groups in total. The third kappa shape index (κ3) is 2.38. The van der Waals surface area contributed by atoms with Crippen LogP contribution in [-0.2, 0) is 6.18 Å². The highest BCUT2D eigenvalue weighted by Gasteiger charge is 2.34. The Kier molecular flexibility index (Phi) is 2.70. The number of hydrogen-bond donors (Lipinski definition) is 0. The van der Waals surface area contributed by atoms with Crippen molar-refractivity contribution in [3.05, 3.63) is 34.3 Å². The molecule has 86 valence electrons. The van der Waals surface area contributed by atoms with Crippen LogP contribution < -0.4 is 0 Å². The van der Waals surface area contributed by atoms with Gasteiger partial charge in [0.1, 0.15) is 0 Å². The summed E-state index contributed by atoms with van der Waals surface area (Å²) in [5.74, 6) is -0.354. The molecule has 0 saturated heterocycles. The van der Waals surface area contributed by atoms with Gasteiger partial charge in [0, 0.05) is 16.5 Å². The molecule has 0 bridgehead atoms. The van der Waals surface area contributed by atoms with Gasteiger partial charge in [0.2, 0.25) is 0 Å². The summed E-state index contributed by atoms with van der Waals surface area (Å²) < 4.78 is 37.4. The molecule has 0 aliphatic heterocycles. The van der Waals surface area contributed by atoms with Crippen LogP contribution in [0.15, 0.2) is 18.2 Å². The lowest BCUT2D eigenvalue weighted by molar-refractivity contribution is -0.137. The average molecular weight is 249 g/mol. The fraction of sp³-hybridized carbons (Fsp3) is 0.364. The van der Waals surface area contributed by atoms with Crippen molar-refractivity contribution in [2.45, 2.75) is 19.0 Å². The Balaban J connectivity index is 2.39. The Morgan fingerprint density at radius 1 is 1.25 bits per heavy atom. The molecule has 2 rings (SSSR count). The summed E-state index contributed by atoms with van der Waals surface area (Å²) in [6, 6.07) is 2.98. The number of ketones is 1. The highest BCUT2D eigenvalue weighted by atomic mass is 35.5. The van der Waals surface area contributed by atoms with E-state index in [-0.39, 0.29) is 22.3 Å². The number of rotatable bonds is 2. The van der Waals surface area contributed by atoms with Gasteiger partial charge in [-0.3, -0.25) is 4.79 Å². The second-order valence-electron chi connectivity index (χ2n) is 3.86. The van der Waals surface area contributed by atoms with Crippen LogP contribution in [0.5, 0.6) is 0 Å². The maximum Gasteiger partial charge on any atom is 0.416 e. The zero-order chi connectivity index (χ0) is 11.9. The Labute approximate surface area is 95.2 Å². The summed E-state index contributed by atoms with van der Waals surface area (Å²) in [4.78, 5) is 11.6. The molecule has 0 amide bonds. The molecule has 5 heteroatoms. The van der Waals surface area contributed by atoms with E-state index in [2.05, 4.69) is 0 Å². The smallest absolute Gasteiger partial charge is 0.294 e. The van der Waals surface area contributed by atoms with Crippen LogP contribution in [0, 0.1) is 5.92 Å². The molecule has 0 unspecified atom stereocenters. The standard InChI is InChI=1S/C11H8ClF3O/c12-9-4-7(10(16)6-1-2-6)3-8(5-9)11(13,14)15/h3-6H,1-2H2. The summed E-state index contributed by atoms with van der Waals surface area (Å²) in [7, 11) is 0. The molecule has 1 fully saturated rings. The summed E-state index contributed by atoms with van der Waals surface area (Å²) >= 11 is 5.57. The fourth-order valence-electron chi connectivity index (χ4n) is 1.48. The molecule has 1 nitrogen and oxygen atoms in total. The van der Waals surface area contributed by atoms with Gasteiger partial charge in [0.25, 0.3) is 0 Å². The van der Waals surface area contributed by atoms with Crippen molar-refractivity contribution in [2.24, 2.45) is 5.92 Å². The quantitative estimate of drug-likeness (QED) is 0.724. The topological polar surface area (TPSA) is 17.1 Å². The van der Waals surface area contributed by atoms with Gasteiger partial charge in [-0.2, -0.15) is 13.2 Å². The van der Waals surface area contributed by atoms with Gasteiger partial charge in [-0.15, -0.1) is 0 Å². The molecular weight excluding hydrogens is 241 g/mol. The first-order valence-corrected chi connectivity index (χ1v) is 5.18. The Bertz CT molecular complexity index is 435. The number of carbonyl (C=O) groups excluding carboxylic acids is 1. The number of hydrogen-bond acceptors (Lipinski definition) is 1. The van der Waals surface area contributed by atoms with Crippen LogP contribution in [0.1, 0.15) is 28.8 Å². The molecule has 1 aromatic rings. The molecule has 1 aliphatic carbocycles. The van der Waals surface area contributed by atoms with Crippen LogP contribution in [0.25, 0.3) is 0 Å². The predicted octanol–water partition coefficient (Wildman–Crippen LogP) is 3.95. The van der Waals surface area contributed by atoms with Gasteiger partial charge in [-0.25, -0.2) is 0 Å². The maximum atomic E-state index is 12.5. The number of carbonyl (C=O) groups is 1. The van der Waals surface area contributed by atoms with E-state index in [0.717, 1.165) is 25.0 Å². The van der Waals surface area contributed by atoms with Crippen LogP contribution >= 0.6 is 11.6 Å². The number of Topliss-reactive ketones (excluding diaryl/α,β-unsaturated/α-hetero) is 1. The van der Waals surface area contributed by atoms with Crippen LogP contribution in [0.3, 0.4) is 0 Å². The predicted molar refractivity (Wildman–Crippen MR) is 53.5 cm³/mol. The number of alkyl halides is 3. The highest BCUT2D eigenvalue weighted by molar-refractivity contribution is 6.31. The second-order valence-corrected chi connectivity index (χ2v) is 4.30. The van der Waals surface area contributed by atoms with E-state index in [1.807, 2.05) is 0 Å². The largest absolute Gasteiger partial charge is 0.416 e. The van der Waals surface area contributed by atoms with Gasteiger partial charge < -0.3 is 0 Å². The normalized spacial score (nSPS) is 16.2. The third-order valence-electron chi connectivity index (χ3n) is 2.46. The van der Waals surface area contributed by atoms with E-state index in [1.54, 1.807) is 0 Å². The van der Waals surface area contributed by atoms with Crippen LogP contribution in [0.2, 0.25) is 5.02 Å². The van der Waals surface area contributed by atoms with Gasteiger partial charge in [-0.05, 0) is 31.0 Å². The molecule has 16 heavy (non-hydrogen) atoms. The Morgan fingerprint density at radius 3 is 2.38 bits per heavy atom. The van der Waals surface area contributed by atoms with Gasteiger partial charge >= 0.3 is 6.18 Å². The highest BCUT2D eigenvalue weighted by Crippen LogP contribution is 2.36. The van der Waals surface area contributed by atoms with E-state index < -0.39 is 11.7 Å². The molecule has 1 saturated carbocycles. The van der Waals surface area contributed by atoms with Crippen LogP contribution in [0.4, 0.5) is 13.2 Å². The van der Waals surface area contributed by atoms with Crippen molar-refractivity contribution in [3.8, 4) is 0 Å². The fourth-order valence-corrected chi connectivity index (χ4v) is 1.71. The summed E-state index contributed by atoms with van der Waals surface area (Å²) in [5, 5.41) is -0.0566. The molecular formula is C11H8ClF3O.